The molecule has 19 heteroatoms. The van der Waals surface area contributed by atoms with E-state index in [-0.39, 0.29) is 31.8 Å². The highest BCUT2D eigenvalue weighted by atomic mass is 19.4. The number of carboxylic acids is 1. The Labute approximate surface area is 236 Å². The van der Waals surface area contributed by atoms with Crippen LogP contribution in [0.1, 0.15) is 29.4 Å². The number of nitrogens with one attached hydrogen (secondary N) is 2. The van der Waals surface area contributed by atoms with Gasteiger partial charge in [-0.15, -0.1) is 0 Å². The van der Waals surface area contributed by atoms with Crippen LogP contribution in [0.3, 0.4) is 0 Å². The van der Waals surface area contributed by atoms with Crippen molar-refractivity contribution in [1.82, 2.24) is 25.3 Å². The summed E-state index contributed by atoms with van der Waals surface area (Å²) in [6.45, 7) is 0.400. The molecule has 3 aromatic rings. The number of benzene rings is 1. The van der Waals surface area contributed by atoms with Crippen molar-refractivity contribution in [1.29, 1.82) is 5.26 Å². The molecule has 4 N–H and O–H groups in total. The highest BCUT2D eigenvalue weighted by Crippen LogP contribution is 2.39. The van der Waals surface area contributed by atoms with E-state index in [9.17, 15) is 50.3 Å². The minimum absolute atomic E-state index is 0.0270. The fraction of sp³-hybridized carbons (Fsp3) is 0.375. The second-order valence-corrected chi connectivity index (χ2v) is 9.32. The lowest BCUT2D eigenvalue weighted by atomic mass is 9.86. The minimum atomic E-state index is -5.08. The Bertz CT molecular complexity index is 1510. The van der Waals surface area contributed by atoms with E-state index >= 15 is 0 Å². The zero-order valence-electron chi connectivity index (χ0n) is 21.8. The molecule has 3 heterocycles. The zero-order valence-corrected chi connectivity index (χ0v) is 21.8. The molecule has 1 atom stereocenters. The molecule has 43 heavy (non-hydrogen) atoms. The van der Waals surface area contributed by atoms with Gasteiger partial charge < -0.3 is 20.4 Å². The summed E-state index contributed by atoms with van der Waals surface area (Å²) < 4.78 is 101. The first-order chi connectivity index (χ1) is 19.9. The Kier molecular flexibility index (Phi) is 9.34. The standard InChI is InChI=1S/C22H20F5N7O2.C2HF3O2/c1-12(22(25,26)27)31-20(36)14-4-17(24)19(5-16(14)23)33-10-21(11-33,2-3-28)34-8-15(18(9-35)32-34)13-6-29-30-7-13;3-2(4,5)1(6)7/h4-8,12,35H,2,9-11H2,1H3,(H,29,30)(H,31,36);(H,6,7)/t12-;/m0./s1. The fourth-order valence-corrected chi connectivity index (χ4v) is 4.04. The molecule has 1 amide bonds. The van der Waals surface area contributed by atoms with Gasteiger partial charge in [-0.1, -0.05) is 0 Å². The van der Waals surface area contributed by atoms with Crippen molar-refractivity contribution in [3.63, 3.8) is 0 Å². The first-order valence-corrected chi connectivity index (χ1v) is 11.9. The van der Waals surface area contributed by atoms with E-state index in [2.05, 4.69) is 21.4 Å². The van der Waals surface area contributed by atoms with Crippen molar-refractivity contribution in [2.24, 2.45) is 0 Å². The van der Waals surface area contributed by atoms with Crippen LogP contribution in [0.15, 0.2) is 30.7 Å². The lowest BCUT2D eigenvalue weighted by molar-refractivity contribution is -0.192. The molecule has 1 aliphatic heterocycles. The minimum Gasteiger partial charge on any atom is -0.475 e. The van der Waals surface area contributed by atoms with Crippen molar-refractivity contribution in [3.8, 4) is 17.2 Å². The van der Waals surface area contributed by atoms with Crippen molar-refractivity contribution < 1.29 is 54.9 Å². The average Bonchev–Trinajstić information content (AvgIpc) is 3.56. The molecule has 0 aliphatic carbocycles. The van der Waals surface area contributed by atoms with Gasteiger partial charge in [-0.2, -0.15) is 41.8 Å². The Hall–Kier alpha value is -4.73. The Morgan fingerprint density at radius 1 is 1.19 bits per heavy atom. The lowest BCUT2D eigenvalue weighted by Crippen LogP contribution is -2.63. The van der Waals surface area contributed by atoms with Crippen LogP contribution >= 0.6 is 0 Å². The quantitative estimate of drug-likeness (QED) is 0.291. The molecule has 232 valence electrons. The number of aliphatic carboxylic acids is 1. The predicted octanol–water partition coefficient (Wildman–Crippen LogP) is 3.49. The number of aromatic amines is 1. The number of carbonyl (C=O) groups is 2. The van der Waals surface area contributed by atoms with Crippen LogP contribution in [0.25, 0.3) is 11.1 Å². The van der Waals surface area contributed by atoms with Gasteiger partial charge in [-0.25, -0.2) is 13.6 Å². The number of carboxylic acid groups (broad SMARTS) is 1. The van der Waals surface area contributed by atoms with Crippen LogP contribution in [-0.4, -0.2) is 73.6 Å². The van der Waals surface area contributed by atoms with Gasteiger partial charge in [0, 0.05) is 42.7 Å². The molecule has 0 radical (unpaired) electrons. The summed E-state index contributed by atoms with van der Waals surface area (Å²) in [6, 6.07) is 1.09. The van der Waals surface area contributed by atoms with Gasteiger partial charge in [0.2, 0.25) is 0 Å². The maximum absolute atomic E-state index is 14.8. The van der Waals surface area contributed by atoms with Gasteiger partial charge in [-0.05, 0) is 13.0 Å². The number of rotatable bonds is 7. The molecule has 11 nitrogen and oxygen atoms in total. The van der Waals surface area contributed by atoms with E-state index in [1.165, 1.54) is 15.8 Å². The van der Waals surface area contributed by atoms with E-state index in [0.29, 0.717) is 29.8 Å². The number of aliphatic hydroxyl groups excluding tert-OH is 1. The summed E-state index contributed by atoms with van der Waals surface area (Å²) in [6.07, 6.45) is -5.07. The lowest BCUT2D eigenvalue weighted by Gasteiger charge is -2.50. The summed E-state index contributed by atoms with van der Waals surface area (Å²) in [5.74, 6) is -6.36. The molecule has 1 aromatic carbocycles. The number of halogens is 8. The fourth-order valence-electron chi connectivity index (χ4n) is 4.04. The van der Waals surface area contributed by atoms with E-state index < -0.39 is 53.0 Å². The predicted molar refractivity (Wildman–Crippen MR) is 129 cm³/mol. The highest BCUT2D eigenvalue weighted by molar-refractivity contribution is 5.95. The van der Waals surface area contributed by atoms with Gasteiger partial charge in [0.15, 0.2) is 0 Å². The number of H-pyrrole nitrogens is 1. The normalized spacial score (nSPS) is 15.0. The molecule has 1 saturated heterocycles. The van der Waals surface area contributed by atoms with E-state index in [1.54, 1.807) is 17.7 Å². The summed E-state index contributed by atoms with van der Waals surface area (Å²) in [5.41, 5.74) is -0.403. The number of alkyl halides is 6. The number of carbonyl (C=O) groups excluding carboxylic acids is 1. The molecule has 1 aliphatic rings. The molecule has 1 fully saturated rings. The summed E-state index contributed by atoms with van der Waals surface area (Å²) in [5, 5.41) is 38.7. The van der Waals surface area contributed by atoms with Crippen molar-refractivity contribution >= 4 is 17.6 Å². The van der Waals surface area contributed by atoms with Gasteiger partial charge in [0.25, 0.3) is 5.91 Å². The second kappa shape index (κ2) is 12.2. The van der Waals surface area contributed by atoms with Crippen molar-refractivity contribution in [2.75, 3.05) is 18.0 Å². The van der Waals surface area contributed by atoms with Gasteiger partial charge in [0.05, 0.1) is 42.2 Å². The largest absolute Gasteiger partial charge is 0.490 e. The average molecular weight is 623 g/mol. The zero-order chi connectivity index (χ0) is 32.3. The van der Waals surface area contributed by atoms with Gasteiger partial charge in [-0.3, -0.25) is 14.6 Å². The van der Waals surface area contributed by atoms with Crippen LogP contribution in [0.2, 0.25) is 0 Å². The number of hydrogen-bond donors (Lipinski definition) is 4. The third kappa shape index (κ3) is 7.20. The topological polar surface area (TPSA) is 160 Å². The number of aromatic nitrogens is 4. The second-order valence-electron chi connectivity index (χ2n) is 9.32. The van der Waals surface area contributed by atoms with E-state index in [1.807, 2.05) is 0 Å². The number of anilines is 1. The Balaban J connectivity index is 0.000000646. The van der Waals surface area contributed by atoms with Crippen LogP contribution in [0.5, 0.6) is 0 Å². The van der Waals surface area contributed by atoms with Crippen LogP contribution in [-0.2, 0) is 16.9 Å². The van der Waals surface area contributed by atoms with Gasteiger partial charge >= 0.3 is 18.3 Å². The maximum Gasteiger partial charge on any atom is 0.490 e. The van der Waals surface area contributed by atoms with Crippen molar-refractivity contribution in [2.45, 2.75) is 43.9 Å². The third-order valence-corrected chi connectivity index (χ3v) is 6.32. The molecule has 0 unspecified atom stereocenters. The Morgan fingerprint density at radius 2 is 1.81 bits per heavy atom. The van der Waals surface area contributed by atoms with Crippen LogP contribution in [0, 0.1) is 23.0 Å². The van der Waals surface area contributed by atoms with Crippen LogP contribution < -0.4 is 10.2 Å². The first kappa shape index (κ1) is 32.8. The SMILES string of the molecule is C[C@H](NC(=O)c1cc(F)c(N2CC(CC#N)(n3cc(-c4cn[nH]c4)c(CO)n3)C2)cc1F)C(F)(F)F.O=C(O)C(F)(F)F. The third-order valence-electron chi connectivity index (χ3n) is 6.32. The molecule has 0 saturated carbocycles. The molecular formula is C24H21F8N7O4. The number of hydrogen-bond acceptors (Lipinski definition) is 7. The maximum atomic E-state index is 14.8. The first-order valence-electron chi connectivity index (χ1n) is 11.9. The number of nitrogens with zero attached hydrogens (tertiary/aromatic N) is 5. The summed E-state index contributed by atoms with van der Waals surface area (Å²) in [4.78, 5) is 22.4. The number of amides is 1. The van der Waals surface area contributed by atoms with Gasteiger partial charge in [0.1, 0.15) is 23.2 Å². The Morgan fingerprint density at radius 3 is 2.30 bits per heavy atom. The number of nitriles is 1. The van der Waals surface area contributed by atoms with Crippen LogP contribution in [0.4, 0.5) is 40.8 Å². The molecule has 4 rings (SSSR count). The molecule has 0 spiro atoms. The monoisotopic (exact) mass is 623 g/mol. The van der Waals surface area contributed by atoms with Crippen molar-refractivity contribution in [3.05, 3.63) is 53.6 Å². The number of aliphatic hydroxyl groups is 1. The highest BCUT2D eigenvalue weighted by Gasteiger charge is 2.47. The summed E-state index contributed by atoms with van der Waals surface area (Å²) in [7, 11) is 0. The van der Waals surface area contributed by atoms with E-state index in [4.69, 9.17) is 9.90 Å². The van der Waals surface area contributed by atoms with E-state index in [0.717, 1.165) is 6.07 Å². The molecule has 2 aromatic heterocycles. The summed E-state index contributed by atoms with van der Waals surface area (Å²) >= 11 is 0. The smallest absolute Gasteiger partial charge is 0.475 e. The molecular weight excluding hydrogens is 602 g/mol. The molecule has 0 bridgehead atoms.